The van der Waals surface area contributed by atoms with E-state index < -0.39 is 0 Å². The van der Waals surface area contributed by atoms with Crippen LogP contribution in [0.5, 0.6) is 0 Å². The van der Waals surface area contributed by atoms with Crippen LogP contribution in [0.15, 0.2) is 51.5 Å². The third-order valence-electron chi connectivity index (χ3n) is 2.64. The van der Waals surface area contributed by atoms with Gasteiger partial charge in [0.25, 0.3) is 0 Å². The van der Waals surface area contributed by atoms with E-state index in [1.807, 2.05) is 31.2 Å². The van der Waals surface area contributed by atoms with Gasteiger partial charge in [-0.05, 0) is 37.6 Å². The van der Waals surface area contributed by atoms with Crippen molar-refractivity contribution < 1.29 is 5.21 Å². The molecule has 5 heteroatoms. The van der Waals surface area contributed by atoms with Crippen LogP contribution in [0.1, 0.15) is 16.8 Å². The molecule has 1 heterocycles. The summed E-state index contributed by atoms with van der Waals surface area (Å²) in [7, 11) is 0. The van der Waals surface area contributed by atoms with Crippen LogP contribution in [-0.2, 0) is 0 Å². The topological polar surface area (TPSA) is 71.5 Å². The standard InChI is InChI=1S/C14H15N3OS/c1-9-5-3-4-6-12(9)19-13-8-11(14(15)17-18)7-10(2)16-13/h3-8,18H,1-2H3,(H2,15,17). The number of pyridine rings is 1. The van der Waals surface area contributed by atoms with E-state index in [0.29, 0.717) is 5.56 Å². The Morgan fingerprint density at radius 2 is 2.00 bits per heavy atom. The molecule has 0 atom stereocenters. The van der Waals surface area contributed by atoms with Gasteiger partial charge in [-0.25, -0.2) is 4.98 Å². The van der Waals surface area contributed by atoms with Crippen molar-refractivity contribution in [2.45, 2.75) is 23.8 Å². The summed E-state index contributed by atoms with van der Waals surface area (Å²) in [6.07, 6.45) is 0. The highest BCUT2D eigenvalue weighted by atomic mass is 32.2. The second-order valence-corrected chi connectivity index (χ2v) is 5.25. The fourth-order valence-corrected chi connectivity index (χ4v) is 2.66. The van der Waals surface area contributed by atoms with Crippen molar-refractivity contribution in [2.75, 3.05) is 0 Å². The summed E-state index contributed by atoms with van der Waals surface area (Å²) >= 11 is 1.57. The first-order valence-electron chi connectivity index (χ1n) is 5.80. The second kappa shape index (κ2) is 5.75. The number of aryl methyl sites for hydroxylation is 2. The van der Waals surface area contributed by atoms with Gasteiger partial charge in [0.05, 0.1) is 0 Å². The Morgan fingerprint density at radius 3 is 2.68 bits per heavy atom. The Morgan fingerprint density at radius 1 is 1.26 bits per heavy atom. The van der Waals surface area contributed by atoms with Crippen molar-refractivity contribution in [2.24, 2.45) is 10.9 Å². The molecule has 3 N–H and O–H groups in total. The van der Waals surface area contributed by atoms with E-state index in [0.717, 1.165) is 15.6 Å². The molecule has 0 aliphatic heterocycles. The Labute approximate surface area is 116 Å². The minimum atomic E-state index is 0.0946. The molecule has 0 saturated carbocycles. The summed E-state index contributed by atoms with van der Waals surface area (Å²) in [6, 6.07) is 11.7. The molecule has 4 nitrogen and oxygen atoms in total. The van der Waals surface area contributed by atoms with Crippen molar-refractivity contribution in [1.82, 2.24) is 4.98 Å². The van der Waals surface area contributed by atoms with Crippen LogP contribution in [-0.4, -0.2) is 16.0 Å². The van der Waals surface area contributed by atoms with Crippen LogP contribution >= 0.6 is 11.8 Å². The van der Waals surface area contributed by atoms with E-state index in [2.05, 4.69) is 23.1 Å². The highest BCUT2D eigenvalue weighted by molar-refractivity contribution is 7.99. The molecule has 0 spiro atoms. The van der Waals surface area contributed by atoms with E-state index in [1.54, 1.807) is 17.8 Å². The maximum atomic E-state index is 8.74. The Hall–Kier alpha value is -2.01. The summed E-state index contributed by atoms with van der Waals surface area (Å²) in [5.74, 6) is 0.0946. The molecule has 1 aromatic heterocycles. The number of amidine groups is 1. The molecule has 1 aromatic carbocycles. The normalized spacial score (nSPS) is 11.6. The van der Waals surface area contributed by atoms with Crippen LogP contribution in [0, 0.1) is 13.8 Å². The van der Waals surface area contributed by atoms with E-state index in [9.17, 15) is 0 Å². The second-order valence-electron chi connectivity index (χ2n) is 4.19. The van der Waals surface area contributed by atoms with Gasteiger partial charge in [-0.15, -0.1) is 0 Å². The first kappa shape index (κ1) is 13.4. The summed E-state index contributed by atoms with van der Waals surface area (Å²) < 4.78 is 0. The molecule has 98 valence electrons. The van der Waals surface area contributed by atoms with Gasteiger partial charge in [0.2, 0.25) is 0 Å². The number of hydrogen-bond donors (Lipinski definition) is 2. The average Bonchev–Trinajstić information content (AvgIpc) is 2.40. The summed E-state index contributed by atoms with van der Waals surface area (Å²) in [6.45, 7) is 3.94. The molecule has 19 heavy (non-hydrogen) atoms. The number of nitrogens with zero attached hydrogens (tertiary/aromatic N) is 2. The molecule has 0 saturated heterocycles. The molecule has 2 rings (SSSR count). The molecule has 0 amide bonds. The zero-order valence-electron chi connectivity index (χ0n) is 10.8. The maximum absolute atomic E-state index is 8.74. The SMILES string of the molecule is Cc1cc(/C(N)=N/O)cc(Sc2ccccc2C)n1. The predicted octanol–water partition coefficient (Wildman–Crippen LogP) is 2.94. The zero-order valence-corrected chi connectivity index (χ0v) is 11.6. The van der Waals surface area contributed by atoms with Crippen molar-refractivity contribution in [3.05, 3.63) is 53.2 Å². The van der Waals surface area contributed by atoms with E-state index in [-0.39, 0.29) is 5.84 Å². The number of rotatable bonds is 3. The monoisotopic (exact) mass is 273 g/mol. The van der Waals surface area contributed by atoms with Crippen LogP contribution in [0.25, 0.3) is 0 Å². The van der Waals surface area contributed by atoms with Gasteiger partial charge in [0, 0.05) is 16.2 Å². The smallest absolute Gasteiger partial charge is 0.170 e. The van der Waals surface area contributed by atoms with E-state index in [4.69, 9.17) is 10.9 Å². The Bertz CT molecular complexity index is 626. The van der Waals surface area contributed by atoms with Gasteiger partial charge in [-0.3, -0.25) is 0 Å². The van der Waals surface area contributed by atoms with Gasteiger partial charge in [0.15, 0.2) is 5.84 Å². The van der Waals surface area contributed by atoms with Crippen molar-refractivity contribution in [3.8, 4) is 0 Å². The van der Waals surface area contributed by atoms with Gasteiger partial charge in [-0.1, -0.05) is 35.1 Å². The fourth-order valence-electron chi connectivity index (χ4n) is 1.68. The lowest BCUT2D eigenvalue weighted by Crippen LogP contribution is -2.13. The summed E-state index contributed by atoms with van der Waals surface area (Å²) in [5.41, 5.74) is 8.32. The van der Waals surface area contributed by atoms with Crippen molar-refractivity contribution in [1.29, 1.82) is 0 Å². The zero-order chi connectivity index (χ0) is 13.8. The lowest BCUT2D eigenvalue weighted by Gasteiger charge is -2.07. The molecular formula is C14H15N3OS. The maximum Gasteiger partial charge on any atom is 0.170 e. The van der Waals surface area contributed by atoms with Crippen LogP contribution in [0.3, 0.4) is 0 Å². The van der Waals surface area contributed by atoms with Crippen molar-refractivity contribution >= 4 is 17.6 Å². The highest BCUT2D eigenvalue weighted by Gasteiger charge is 2.07. The molecule has 0 fully saturated rings. The predicted molar refractivity (Wildman–Crippen MR) is 76.8 cm³/mol. The molecular weight excluding hydrogens is 258 g/mol. The number of nitrogens with two attached hydrogens (primary N) is 1. The molecule has 2 aromatic rings. The number of hydrogen-bond acceptors (Lipinski definition) is 4. The Balaban J connectivity index is 2.36. The molecule has 0 aliphatic carbocycles. The molecule has 0 bridgehead atoms. The number of benzene rings is 1. The highest BCUT2D eigenvalue weighted by Crippen LogP contribution is 2.29. The largest absolute Gasteiger partial charge is 0.409 e. The third-order valence-corrected chi connectivity index (χ3v) is 3.74. The third kappa shape index (κ3) is 3.26. The van der Waals surface area contributed by atoms with E-state index >= 15 is 0 Å². The summed E-state index contributed by atoms with van der Waals surface area (Å²) in [5, 5.41) is 12.6. The molecule has 0 radical (unpaired) electrons. The number of aromatic nitrogens is 1. The number of oxime groups is 1. The van der Waals surface area contributed by atoms with Crippen LogP contribution in [0.4, 0.5) is 0 Å². The van der Waals surface area contributed by atoms with Gasteiger partial charge < -0.3 is 10.9 Å². The fraction of sp³-hybridized carbons (Fsp3) is 0.143. The minimum absolute atomic E-state index is 0.0946. The van der Waals surface area contributed by atoms with Crippen LogP contribution < -0.4 is 5.73 Å². The lowest BCUT2D eigenvalue weighted by atomic mass is 10.2. The average molecular weight is 273 g/mol. The van der Waals surface area contributed by atoms with Crippen molar-refractivity contribution in [3.63, 3.8) is 0 Å². The lowest BCUT2D eigenvalue weighted by molar-refractivity contribution is 0.318. The van der Waals surface area contributed by atoms with Gasteiger partial charge >= 0.3 is 0 Å². The first-order valence-corrected chi connectivity index (χ1v) is 6.62. The molecule has 0 aliphatic rings. The van der Waals surface area contributed by atoms with E-state index in [1.165, 1.54) is 5.56 Å². The summed E-state index contributed by atoms with van der Waals surface area (Å²) in [4.78, 5) is 5.60. The quantitative estimate of drug-likeness (QED) is 0.390. The molecule has 0 unspecified atom stereocenters. The Kier molecular flexibility index (Phi) is 4.06. The van der Waals surface area contributed by atoms with Crippen LogP contribution in [0.2, 0.25) is 0 Å². The van der Waals surface area contributed by atoms with Gasteiger partial charge in [0.1, 0.15) is 5.03 Å². The first-order chi connectivity index (χ1) is 9.10. The van der Waals surface area contributed by atoms with Gasteiger partial charge in [-0.2, -0.15) is 0 Å². The minimum Gasteiger partial charge on any atom is -0.409 e.